The Labute approximate surface area is 174 Å². The number of fused-ring (bicyclic) bond motifs is 1. The molecule has 1 fully saturated rings. The molecule has 0 radical (unpaired) electrons. The number of nitrogens with two attached hydrogens (primary N) is 1. The van der Waals surface area contributed by atoms with Crippen molar-refractivity contribution in [3.05, 3.63) is 47.0 Å². The van der Waals surface area contributed by atoms with E-state index in [2.05, 4.69) is 20.6 Å². The molecule has 9 heteroatoms. The number of nitrogens with zero attached hydrogens (tertiary/aromatic N) is 2. The van der Waals surface area contributed by atoms with Crippen molar-refractivity contribution >= 4 is 23.4 Å². The number of rotatable bonds is 8. The van der Waals surface area contributed by atoms with Crippen molar-refractivity contribution in [2.75, 3.05) is 18.4 Å². The topological polar surface area (TPSA) is 133 Å². The molecule has 3 amide bonds. The van der Waals surface area contributed by atoms with Gasteiger partial charge in [-0.1, -0.05) is 6.07 Å². The van der Waals surface area contributed by atoms with E-state index in [-0.39, 0.29) is 18.2 Å². The van der Waals surface area contributed by atoms with Crippen molar-refractivity contribution in [2.24, 2.45) is 5.73 Å². The number of nitrogens with one attached hydrogen (secondary N) is 3. The van der Waals surface area contributed by atoms with E-state index in [9.17, 15) is 14.4 Å². The summed E-state index contributed by atoms with van der Waals surface area (Å²) in [5.41, 5.74) is 9.00. The Hall–Kier alpha value is -3.20. The fraction of sp³-hybridized carbons (Fsp3) is 0.429. The molecular weight excluding hydrogens is 384 g/mol. The number of hydrogen-bond donors (Lipinski definition) is 4. The average molecular weight is 410 g/mol. The molecular formula is C21H26N6O3. The van der Waals surface area contributed by atoms with Gasteiger partial charge in [0.25, 0.3) is 5.91 Å². The second kappa shape index (κ2) is 8.66. The van der Waals surface area contributed by atoms with E-state index in [4.69, 9.17) is 5.73 Å². The summed E-state index contributed by atoms with van der Waals surface area (Å²) in [5, 5.41) is 5.73. The number of carbonyl (C=O) groups is 3. The number of imidazole rings is 1. The minimum atomic E-state index is -0.606. The van der Waals surface area contributed by atoms with Crippen molar-refractivity contribution in [3.63, 3.8) is 0 Å². The monoisotopic (exact) mass is 410 g/mol. The number of anilines is 1. The molecule has 0 aliphatic carbocycles. The zero-order valence-electron chi connectivity index (χ0n) is 16.7. The van der Waals surface area contributed by atoms with Crippen LogP contribution in [0.25, 0.3) is 0 Å². The number of aryl methyl sites for hydroxylation is 1. The number of imide groups is 1. The van der Waals surface area contributed by atoms with Crippen molar-refractivity contribution in [3.8, 4) is 0 Å². The summed E-state index contributed by atoms with van der Waals surface area (Å²) in [4.78, 5) is 45.8. The van der Waals surface area contributed by atoms with Crippen LogP contribution in [-0.2, 0) is 29.0 Å². The van der Waals surface area contributed by atoms with Gasteiger partial charge in [-0.05, 0) is 37.9 Å². The first kappa shape index (κ1) is 20.1. The van der Waals surface area contributed by atoms with Crippen LogP contribution >= 0.6 is 0 Å². The van der Waals surface area contributed by atoms with Crippen LogP contribution in [-0.4, -0.2) is 51.7 Å². The molecule has 1 unspecified atom stereocenters. The Kier molecular flexibility index (Phi) is 5.80. The van der Waals surface area contributed by atoms with Gasteiger partial charge in [0.1, 0.15) is 11.9 Å². The third-order valence-electron chi connectivity index (χ3n) is 5.59. The molecule has 1 aromatic carbocycles. The highest BCUT2D eigenvalue weighted by atomic mass is 16.2. The highest BCUT2D eigenvalue weighted by molar-refractivity contribution is 6.06. The molecule has 5 N–H and O–H groups in total. The second-order valence-electron chi connectivity index (χ2n) is 7.66. The van der Waals surface area contributed by atoms with Gasteiger partial charge in [-0.25, -0.2) is 4.98 Å². The number of hydrogen-bond acceptors (Lipinski definition) is 6. The lowest BCUT2D eigenvalue weighted by Crippen LogP contribution is -2.52. The molecule has 0 bridgehead atoms. The standard InChI is InChI=1S/C21H26N6O3/c22-9-2-3-13-11-24-18(25-13)8-10-23-16-5-1-4-14-15(16)12-27(21(14)30)17-6-7-19(28)26-20(17)29/h1,4-5,11,17,23H,2-3,6-10,12,22H2,(H,24,25)(H,26,28,29). The van der Waals surface area contributed by atoms with Gasteiger partial charge in [-0.3, -0.25) is 19.7 Å². The van der Waals surface area contributed by atoms with E-state index in [0.717, 1.165) is 42.0 Å². The predicted molar refractivity (Wildman–Crippen MR) is 111 cm³/mol. The summed E-state index contributed by atoms with van der Waals surface area (Å²) < 4.78 is 0. The Bertz CT molecular complexity index is 969. The van der Waals surface area contributed by atoms with Crippen LogP contribution in [0.5, 0.6) is 0 Å². The number of aromatic amines is 1. The number of carbonyl (C=O) groups excluding carboxylic acids is 3. The Morgan fingerprint density at radius 1 is 1.23 bits per heavy atom. The summed E-state index contributed by atoms with van der Waals surface area (Å²) in [6.07, 6.45) is 4.99. The van der Waals surface area contributed by atoms with Gasteiger partial charge in [-0.2, -0.15) is 0 Å². The molecule has 1 aromatic heterocycles. The first-order chi connectivity index (χ1) is 14.6. The average Bonchev–Trinajstić information content (AvgIpc) is 3.32. The van der Waals surface area contributed by atoms with E-state index >= 15 is 0 Å². The van der Waals surface area contributed by atoms with Crippen molar-refractivity contribution in [1.29, 1.82) is 0 Å². The first-order valence-electron chi connectivity index (χ1n) is 10.3. The minimum Gasteiger partial charge on any atom is -0.384 e. The zero-order valence-corrected chi connectivity index (χ0v) is 16.7. The van der Waals surface area contributed by atoms with Crippen molar-refractivity contribution < 1.29 is 14.4 Å². The van der Waals surface area contributed by atoms with E-state index in [1.165, 1.54) is 0 Å². The molecule has 1 saturated heterocycles. The van der Waals surface area contributed by atoms with Crippen LogP contribution in [0.1, 0.15) is 46.7 Å². The smallest absolute Gasteiger partial charge is 0.255 e. The number of piperidine rings is 1. The molecule has 2 aliphatic heterocycles. The van der Waals surface area contributed by atoms with Crippen LogP contribution in [0.3, 0.4) is 0 Å². The third kappa shape index (κ3) is 4.06. The molecule has 2 aliphatic rings. The highest BCUT2D eigenvalue weighted by Crippen LogP contribution is 2.32. The molecule has 4 rings (SSSR count). The Morgan fingerprint density at radius 2 is 2.10 bits per heavy atom. The van der Waals surface area contributed by atoms with Crippen LogP contribution < -0.4 is 16.4 Å². The molecule has 0 spiro atoms. The maximum atomic E-state index is 12.9. The van der Waals surface area contributed by atoms with Gasteiger partial charge in [-0.15, -0.1) is 0 Å². The fourth-order valence-electron chi connectivity index (χ4n) is 4.02. The van der Waals surface area contributed by atoms with Gasteiger partial charge in [0.2, 0.25) is 11.8 Å². The number of benzene rings is 1. The summed E-state index contributed by atoms with van der Waals surface area (Å²) in [6, 6.07) is 4.95. The van der Waals surface area contributed by atoms with Crippen LogP contribution in [0.4, 0.5) is 5.69 Å². The highest BCUT2D eigenvalue weighted by Gasteiger charge is 2.39. The van der Waals surface area contributed by atoms with E-state index in [1.807, 2.05) is 18.3 Å². The van der Waals surface area contributed by atoms with Gasteiger partial charge in [0, 0.05) is 54.6 Å². The summed E-state index contributed by atoms with van der Waals surface area (Å²) in [7, 11) is 0. The Balaban J connectivity index is 1.39. The van der Waals surface area contributed by atoms with Gasteiger partial charge in [0.15, 0.2) is 0 Å². The molecule has 0 saturated carbocycles. The van der Waals surface area contributed by atoms with Gasteiger partial charge in [0.05, 0.1) is 0 Å². The largest absolute Gasteiger partial charge is 0.384 e. The minimum absolute atomic E-state index is 0.168. The molecule has 2 aromatic rings. The van der Waals surface area contributed by atoms with Crippen LogP contribution in [0, 0.1) is 0 Å². The molecule has 30 heavy (non-hydrogen) atoms. The second-order valence-corrected chi connectivity index (χ2v) is 7.66. The van der Waals surface area contributed by atoms with E-state index < -0.39 is 11.9 Å². The molecule has 3 heterocycles. The number of aromatic nitrogens is 2. The van der Waals surface area contributed by atoms with Crippen LogP contribution in [0.15, 0.2) is 24.4 Å². The van der Waals surface area contributed by atoms with E-state index in [1.54, 1.807) is 11.0 Å². The zero-order chi connectivity index (χ0) is 21.1. The fourth-order valence-corrected chi connectivity index (χ4v) is 4.02. The lowest BCUT2D eigenvalue weighted by atomic mass is 10.0. The molecule has 1 atom stereocenters. The first-order valence-corrected chi connectivity index (χ1v) is 10.3. The number of amides is 3. The molecule has 9 nitrogen and oxygen atoms in total. The lowest BCUT2D eigenvalue weighted by Gasteiger charge is -2.29. The SMILES string of the molecule is NCCCc1cnc(CCNc2cccc3c2CN(C2CCC(=O)NC2=O)C3=O)[nH]1. The third-order valence-corrected chi connectivity index (χ3v) is 5.59. The maximum absolute atomic E-state index is 12.9. The van der Waals surface area contributed by atoms with E-state index in [0.29, 0.717) is 31.6 Å². The van der Waals surface area contributed by atoms with Crippen LogP contribution in [0.2, 0.25) is 0 Å². The summed E-state index contributed by atoms with van der Waals surface area (Å²) in [5.74, 6) is 0.0547. The summed E-state index contributed by atoms with van der Waals surface area (Å²) in [6.45, 7) is 1.67. The lowest BCUT2D eigenvalue weighted by molar-refractivity contribution is -0.136. The summed E-state index contributed by atoms with van der Waals surface area (Å²) >= 11 is 0. The van der Waals surface area contributed by atoms with Gasteiger partial charge >= 0.3 is 0 Å². The van der Waals surface area contributed by atoms with Crippen molar-refractivity contribution in [1.82, 2.24) is 20.2 Å². The predicted octanol–water partition coefficient (Wildman–Crippen LogP) is 0.717. The quantitative estimate of drug-likeness (QED) is 0.474. The normalized spacial score (nSPS) is 18.5. The van der Waals surface area contributed by atoms with Crippen molar-refractivity contribution in [2.45, 2.75) is 44.7 Å². The molecule has 158 valence electrons. The Morgan fingerprint density at radius 3 is 2.90 bits per heavy atom. The number of H-pyrrole nitrogens is 1. The maximum Gasteiger partial charge on any atom is 0.255 e. The van der Waals surface area contributed by atoms with Gasteiger partial charge < -0.3 is 20.9 Å².